The maximum Gasteiger partial charge on any atom is 0.306 e. The Hall–Kier alpha value is -2.10. The minimum Gasteiger partial charge on any atom is -0.495 e. The lowest BCUT2D eigenvalue weighted by Gasteiger charge is -2.25. The number of carbonyl (C=O) groups excluding carboxylic acids is 1. The van der Waals surface area contributed by atoms with Crippen molar-refractivity contribution in [3.05, 3.63) is 40.4 Å². The van der Waals surface area contributed by atoms with Crippen LogP contribution in [-0.4, -0.2) is 40.1 Å². The van der Waals surface area contributed by atoms with E-state index in [0.29, 0.717) is 39.2 Å². The van der Waals surface area contributed by atoms with Gasteiger partial charge in [-0.2, -0.15) is 8.42 Å². The molecule has 1 unspecified atom stereocenters. The van der Waals surface area contributed by atoms with Gasteiger partial charge in [0.2, 0.25) is 6.79 Å². The third kappa shape index (κ3) is 3.49. The van der Waals surface area contributed by atoms with Crippen LogP contribution in [0.15, 0.2) is 29.2 Å². The molecular formula is C18H15ClO7S2. The van der Waals surface area contributed by atoms with Crippen molar-refractivity contribution in [1.29, 1.82) is 0 Å². The van der Waals surface area contributed by atoms with Gasteiger partial charge in [0, 0.05) is 27.8 Å². The van der Waals surface area contributed by atoms with Gasteiger partial charge in [0.15, 0.2) is 23.0 Å². The first-order chi connectivity index (χ1) is 13.3. The number of fused-ring (bicyclic) bond motifs is 2. The summed E-state index contributed by atoms with van der Waals surface area (Å²) in [5, 5.41) is 0.328. The Kier molecular flexibility index (Phi) is 4.84. The molecule has 0 bridgehead atoms. The molecule has 0 aromatic heterocycles. The number of methoxy groups -OCH3 is 1. The van der Waals surface area contributed by atoms with Crippen molar-refractivity contribution in [2.24, 2.45) is 0 Å². The second kappa shape index (κ2) is 7.06. The molecule has 0 saturated carbocycles. The Morgan fingerprint density at radius 3 is 2.54 bits per heavy atom. The Bertz CT molecular complexity index is 1080. The van der Waals surface area contributed by atoms with Crippen LogP contribution in [0.3, 0.4) is 0 Å². The zero-order chi connectivity index (χ0) is 20.1. The Morgan fingerprint density at radius 2 is 1.86 bits per heavy atom. The molecule has 1 atom stereocenters. The third-order valence-electron chi connectivity index (χ3n) is 4.36. The number of halogens is 1. The van der Waals surface area contributed by atoms with Crippen LogP contribution in [0.2, 0.25) is 5.02 Å². The summed E-state index contributed by atoms with van der Waals surface area (Å²) in [4.78, 5) is 14.0. The molecule has 0 fully saturated rings. The molecule has 2 aliphatic heterocycles. The molecule has 2 heterocycles. The molecule has 0 saturated heterocycles. The molecule has 10 heteroatoms. The predicted molar refractivity (Wildman–Crippen MR) is 104 cm³/mol. The normalized spacial score (nSPS) is 18.0. The molecule has 28 heavy (non-hydrogen) atoms. The Labute approximate surface area is 171 Å². The van der Waals surface area contributed by atoms with E-state index in [1.54, 1.807) is 18.2 Å². The fraction of sp³-hybridized carbons (Fsp3) is 0.278. The number of Topliss-reactive ketones (excluding diaryl/α,β-unsaturated/α-hetero) is 1. The van der Waals surface area contributed by atoms with Crippen LogP contribution in [0, 0.1) is 0 Å². The molecule has 2 aliphatic rings. The van der Waals surface area contributed by atoms with Crippen molar-refractivity contribution in [3.8, 4) is 23.0 Å². The first kappa shape index (κ1) is 19.2. The van der Waals surface area contributed by atoms with E-state index >= 15 is 0 Å². The fourth-order valence-corrected chi connectivity index (χ4v) is 5.01. The third-order valence-corrected chi connectivity index (χ3v) is 6.29. The number of rotatable bonds is 4. The van der Waals surface area contributed by atoms with Crippen molar-refractivity contribution in [2.75, 3.05) is 25.9 Å². The van der Waals surface area contributed by atoms with E-state index in [-0.39, 0.29) is 18.3 Å². The maximum absolute atomic E-state index is 13.2. The number of hydrogen-bond acceptors (Lipinski definition) is 8. The average molecular weight is 443 g/mol. The zero-order valence-corrected chi connectivity index (χ0v) is 17.2. The predicted octanol–water partition coefficient (Wildman–Crippen LogP) is 3.49. The molecule has 2 aromatic carbocycles. The topological polar surface area (TPSA) is 88.1 Å². The van der Waals surface area contributed by atoms with Gasteiger partial charge in [0.05, 0.1) is 24.3 Å². The van der Waals surface area contributed by atoms with Crippen molar-refractivity contribution in [2.45, 2.75) is 10.8 Å². The van der Waals surface area contributed by atoms with Crippen molar-refractivity contribution < 1.29 is 31.6 Å². The second-order valence-corrected chi connectivity index (χ2v) is 9.29. The first-order valence-corrected chi connectivity index (χ1v) is 11.3. The summed E-state index contributed by atoms with van der Waals surface area (Å²) in [6, 6.07) is 6.33. The quantitative estimate of drug-likeness (QED) is 0.665. The van der Waals surface area contributed by atoms with E-state index in [0.717, 1.165) is 11.2 Å². The summed E-state index contributed by atoms with van der Waals surface area (Å²) in [5.41, 5.74) is 0.875. The largest absolute Gasteiger partial charge is 0.495 e. The molecule has 4 rings (SSSR count). The SMILES string of the molecule is COc1cc2c(cc1Cl)C(=O)C(c1cc3c(cc1OS(C)(=O)=O)OCO3)CS2. The highest BCUT2D eigenvalue weighted by Crippen LogP contribution is 2.47. The van der Waals surface area contributed by atoms with Gasteiger partial charge in [0.25, 0.3) is 0 Å². The molecular weight excluding hydrogens is 428 g/mol. The molecule has 0 radical (unpaired) electrons. The van der Waals surface area contributed by atoms with E-state index < -0.39 is 16.0 Å². The Balaban J connectivity index is 1.79. The summed E-state index contributed by atoms with van der Waals surface area (Å²) in [6.45, 7) is 0.0166. The summed E-state index contributed by atoms with van der Waals surface area (Å²) >= 11 is 7.65. The van der Waals surface area contributed by atoms with Gasteiger partial charge in [0.1, 0.15) is 5.75 Å². The van der Waals surface area contributed by atoms with Crippen LogP contribution < -0.4 is 18.4 Å². The minimum atomic E-state index is -3.80. The van der Waals surface area contributed by atoms with E-state index in [2.05, 4.69) is 0 Å². The van der Waals surface area contributed by atoms with Crippen LogP contribution in [0.1, 0.15) is 21.8 Å². The first-order valence-electron chi connectivity index (χ1n) is 8.14. The Morgan fingerprint density at radius 1 is 1.14 bits per heavy atom. The number of benzene rings is 2. The van der Waals surface area contributed by atoms with Gasteiger partial charge in [-0.25, -0.2) is 0 Å². The molecule has 0 spiro atoms. The van der Waals surface area contributed by atoms with Gasteiger partial charge in [-0.05, 0) is 18.2 Å². The number of ether oxygens (including phenoxy) is 3. The monoisotopic (exact) mass is 442 g/mol. The minimum absolute atomic E-state index is 0.0166. The number of carbonyl (C=O) groups is 1. The number of hydrogen-bond donors (Lipinski definition) is 0. The van der Waals surface area contributed by atoms with Gasteiger partial charge >= 0.3 is 10.1 Å². The zero-order valence-electron chi connectivity index (χ0n) is 14.9. The van der Waals surface area contributed by atoms with E-state index in [1.165, 1.54) is 24.9 Å². The molecule has 2 aromatic rings. The summed E-state index contributed by atoms with van der Waals surface area (Å²) < 4.78 is 44.5. The molecule has 0 aliphatic carbocycles. The molecule has 148 valence electrons. The second-order valence-electron chi connectivity index (χ2n) is 6.24. The van der Waals surface area contributed by atoms with Crippen LogP contribution in [0.25, 0.3) is 0 Å². The summed E-state index contributed by atoms with van der Waals surface area (Å²) in [6.07, 6.45) is 0.945. The molecule has 0 amide bonds. The summed E-state index contributed by atoms with van der Waals surface area (Å²) in [7, 11) is -2.29. The lowest BCUT2D eigenvalue weighted by atomic mass is 9.90. The molecule has 0 N–H and O–H groups in total. The highest BCUT2D eigenvalue weighted by Gasteiger charge is 2.34. The van der Waals surface area contributed by atoms with E-state index in [1.807, 2.05) is 0 Å². The van der Waals surface area contributed by atoms with Crippen LogP contribution in [0.4, 0.5) is 0 Å². The highest BCUT2D eigenvalue weighted by molar-refractivity contribution is 7.99. The van der Waals surface area contributed by atoms with E-state index in [9.17, 15) is 13.2 Å². The van der Waals surface area contributed by atoms with Gasteiger partial charge < -0.3 is 18.4 Å². The van der Waals surface area contributed by atoms with Crippen LogP contribution in [-0.2, 0) is 10.1 Å². The van der Waals surface area contributed by atoms with Crippen LogP contribution in [0.5, 0.6) is 23.0 Å². The standard InChI is InChI=1S/C18H15ClO7S2/c1-23-14-6-17-10(3-12(14)19)18(20)11(7-27-17)9-4-15-16(25-8-24-15)5-13(9)26-28(2,21)22/h3-6,11H,7-8H2,1-2H3. The fourth-order valence-electron chi connectivity index (χ4n) is 3.12. The maximum atomic E-state index is 13.2. The van der Waals surface area contributed by atoms with Crippen molar-refractivity contribution in [1.82, 2.24) is 0 Å². The lowest BCUT2D eigenvalue weighted by molar-refractivity contribution is 0.0962. The number of ketones is 1. The molecule has 7 nitrogen and oxygen atoms in total. The van der Waals surface area contributed by atoms with Crippen molar-refractivity contribution in [3.63, 3.8) is 0 Å². The average Bonchev–Trinajstić information content (AvgIpc) is 3.07. The van der Waals surface area contributed by atoms with Crippen molar-refractivity contribution >= 4 is 39.3 Å². The van der Waals surface area contributed by atoms with Gasteiger partial charge in [-0.15, -0.1) is 11.8 Å². The van der Waals surface area contributed by atoms with Gasteiger partial charge in [-0.3, -0.25) is 4.79 Å². The van der Waals surface area contributed by atoms with Gasteiger partial charge in [-0.1, -0.05) is 11.6 Å². The number of thioether (sulfide) groups is 1. The van der Waals surface area contributed by atoms with E-state index in [4.69, 9.17) is 30.0 Å². The highest BCUT2D eigenvalue weighted by atomic mass is 35.5. The smallest absolute Gasteiger partial charge is 0.306 e. The van der Waals surface area contributed by atoms with Crippen LogP contribution >= 0.6 is 23.4 Å². The summed E-state index contributed by atoms with van der Waals surface area (Å²) in [5.74, 6) is 0.927. The lowest BCUT2D eigenvalue weighted by Crippen LogP contribution is -2.22.